The zero-order valence-corrected chi connectivity index (χ0v) is 5.71. The van der Waals surface area contributed by atoms with E-state index >= 15 is 0 Å². The maximum absolute atomic E-state index is 3.98. The largest absolute Gasteiger partial charge is 0.250 e. The molecule has 1 aliphatic carbocycles. The summed E-state index contributed by atoms with van der Waals surface area (Å²) in [6, 6.07) is 0.678. The van der Waals surface area contributed by atoms with Gasteiger partial charge in [-0.3, -0.25) is 0 Å². The Morgan fingerprint density at radius 1 is 1.44 bits per heavy atom. The molecule has 0 aromatic carbocycles. The van der Waals surface area contributed by atoms with Crippen LogP contribution in [-0.2, 0) is 0 Å². The molecule has 0 N–H and O–H groups in total. The molecule has 0 spiro atoms. The van der Waals surface area contributed by atoms with E-state index in [1.165, 1.54) is 12.8 Å². The molecular formula is C5H8ClN3. The van der Waals surface area contributed by atoms with Gasteiger partial charge in [-0.25, -0.2) is 9.67 Å². The summed E-state index contributed by atoms with van der Waals surface area (Å²) in [5.41, 5.74) is 0. The Labute approximate surface area is 59.5 Å². The molecule has 0 atom stereocenters. The molecule has 0 unspecified atom stereocenters. The molecule has 3 nitrogen and oxygen atoms in total. The van der Waals surface area contributed by atoms with Crippen LogP contribution in [-0.4, -0.2) is 14.8 Å². The summed E-state index contributed by atoms with van der Waals surface area (Å²) in [6.07, 6.45) is 5.92. The molecule has 0 bridgehead atoms. The van der Waals surface area contributed by atoms with E-state index in [2.05, 4.69) is 10.1 Å². The van der Waals surface area contributed by atoms with Gasteiger partial charge in [0.25, 0.3) is 0 Å². The molecule has 0 saturated heterocycles. The van der Waals surface area contributed by atoms with E-state index in [1.807, 2.05) is 4.68 Å². The molecule has 0 radical (unpaired) electrons. The van der Waals surface area contributed by atoms with Crippen LogP contribution >= 0.6 is 12.4 Å². The lowest BCUT2D eigenvalue weighted by Gasteiger charge is -1.89. The van der Waals surface area contributed by atoms with E-state index in [4.69, 9.17) is 0 Å². The highest BCUT2D eigenvalue weighted by Crippen LogP contribution is 2.33. The van der Waals surface area contributed by atoms with Crippen LogP contribution in [0.25, 0.3) is 0 Å². The average Bonchev–Trinajstić information content (AvgIpc) is 2.49. The van der Waals surface area contributed by atoms with E-state index in [0.717, 1.165) is 0 Å². The minimum Gasteiger partial charge on any atom is -0.250 e. The van der Waals surface area contributed by atoms with E-state index in [-0.39, 0.29) is 12.4 Å². The lowest BCUT2D eigenvalue weighted by molar-refractivity contribution is 0.639. The van der Waals surface area contributed by atoms with Gasteiger partial charge in [0.2, 0.25) is 0 Å². The number of hydrogen-bond donors (Lipinski definition) is 0. The topological polar surface area (TPSA) is 30.7 Å². The van der Waals surface area contributed by atoms with Gasteiger partial charge in [0.15, 0.2) is 0 Å². The van der Waals surface area contributed by atoms with Crippen molar-refractivity contribution in [1.29, 1.82) is 0 Å². The van der Waals surface area contributed by atoms with Gasteiger partial charge in [0, 0.05) is 0 Å². The SMILES string of the molecule is Cl.c1ncn(C2CC2)n1. The van der Waals surface area contributed by atoms with Gasteiger partial charge >= 0.3 is 0 Å². The molecule has 1 aromatic heterocycles. The van der Waals surface area contributed by atoms with Crippen molar-refractivity contribution in [1.82, 2.24) is 14.8 Å². The van der Waals surface area contributed by atoms with Gasteiger partial charge in [0.1, 0.15) is 12.7 Å². The number of hydrogen-bond acceptors (Lipinski definition) is 2. The van der Waals surface area contributed by atoms with Crippen molar-refractivity contribution in [2.75, 3.05) is 0 Å². The molecule has 9 heavy (non-hydrogen) atoms. The van der Waals surface area contributed by atoms with Crippen LogP contribution in [0.1, 0.15) is 18.9 Å². The second-order valence-corrected chi connectivity index (χ2v) is 2.11. The zero-order valence-electron chi connectivity index (χ0n) is 4.90. The highest BCUT2D eigenvalue weighted by atomic mass is 35.5. The van der Waals surface area contributed by atoms with E-state index in [1.54, 1.807) is 12.7 Å². The fraction of sp³-hybridized carbons (Fsp3) is 0.600. The van der Waals surface area contributed by atoms with Crippen molar-refractivity contribution in [2.45, 2.75) is 18.9 Å². The summed E-state index contributed by atoms with van der Waals surface area (Å²) in [4.78, 5) is 3.84. The molecule has 1 fully saturated rings. The van der Waals surface area contributed by atoms with Crippen LogP contribution in [0.15, 0.2) is 12.7 Å². The van der Waals surface area contributed by atoms with Crippen molar-refractivity contribution in [2.24, 2.45) is 0 Å². The lowest BCUT2D eigenvalue weighted by atomic mass is 10.7. The van der Waals surface area contributed by atoms with Crippen molar-refractivity contribution in [3.8, 4) is 0 Å². The molecule has 0 aliphatic heterocycles. The first kappa shape index (κ1) is 6.55. The second-order valence-electron chi connectivity index (χ2n) is 2.11. The maximum Gasteiger partial charge on any atom is 0.137 e. The van der Waals surface area contributed by atoms with Crippen LogP contribution in [0, 0.1) is 0 Å². The predicted molar refractivity (Wildman–Crippen MR) is 35.5 cm³/mol. The first-order valence-corrected chi connectivity index (χ1v) is 2.81. The predicted octanol–water partition coefficient (Wildman–Crippen LogP) is 1.03. The standard InChI is InChI=1S/C5H7N3.ClH/c1-2-5(1)8-4-6-3-7-8;/h3-5H,1-2H2;1H. The Morgan fingerprint density at radius 3 is 2.67 bits per heavy atom. The highest BCUT2D eigenvalue weighted by molar-refractivity contribution is 5.85. The quantitative estimate of drug-likeness (QED) is 0.591. The first-order chi connectivity index (χ1) is 3.97. The Hall–Kier alpha value is -0.570. The summed E-state index contributed by atoms with van der Waals surface area (Å²) in [7, 11) is 0. The van der Waals surface area contributed by atoms with Gasteiger partial charge in [0.05, 0.1) is 6.04 Å². The summed E-state index contributed by atoms with van der Waals surface area (Å²) < 4.78 is 1.92. The highest BCUT2D eigenvalue weighted by Gasteiger charge is 2.23. The minimum absolute atomic E-state index is 0. The van der Waals surface area contributed by atoms with E-state index in [9.17, 15) is 0 Å². The molecule has 1 aromatic rings. The van der Waals surface area contributed by atoms with Crippen molar-refractivity contribution in [3.05, 3.63) is 12.7 Å². The molecular weight excluding hydrogens is 138 g/mol. The number of nitrogens with zero attached hydrogens (tertiary/aromatic N) is 3. The van der Waals surface area contributed by atoms with Gasteiger partial charge < -0.3 is 0 Å². The van der Waals surface area contributed by atoms with Crippen LogP contribution in [0.2, 0.25) is 0 Å². The Morgan fingerprint density at radius 2 is 2.22 bits per heavy atom. The lowest BCUT2D eigenvalue weighted by Crippen LogP contribution is -1.91. The normalized spacial score (nSPS) is 16.9. The van der Waals surface area contributed by atoms with E-state index in [0.29, 0.717) is 6.04 Å². The average molecular weight is 146 g/mol. The smallest absolute Gasteiger partial charge is 0.137 e. The fourth-order valence-electron chi connectivity index (χ4n) is 0.745. The first-order valence-electron chi connectivity index (χ1n) is 2.81. The Kier molecular flexibility index (Phi) is 1.71. The monoisotopic (exact) mass is 145 g/mol. The molecule has 1 saturated carbocycles. The van der Waals surface area contributed by atoms with Crippen LogP contribution in [0.4, 0.5) is 0 Å². The summed E-state index contributed by atoms with van der Waals surface area (Å²) in [5.74, 6) is 0. The maximum atomic E-state index is 3.98. The zero-order chi connectivity index (χ0) is 5.40. The summed E-state index contributed by atoms with van der Waals surface area (Å²) in [5, 5.41) is 3.98. The van der Waals surface area contributed by atoms with Gasteiger partial charge in [-0.05, 0) is 12.8 Å². The van der Waals surface area contributed by atoms with Crippen molar-refractivity contribution < 1.29 is 0 Å². The Balaban J connectivity index is 0.000000405. The minimum atomic E-state index is 0. The second kappa shape index (κ2) is 2.35. The van der Waals surface area contributed by atoms with Crippen LogP contribution in [0.5, 0.6) is 0 Å². The van der Waals surface area contributed by atoms with Crippen LogP contribution < -0.4 is 0 Å². The summed E-state index contributed by atoms with van der Waals surface area (Å²) in [6.45, 7) is 0. The van der Waals surface area contributed by atoms with Gasteiger partial charge in [-0.2, -0.15) is 5.10 Å². The third-order valence-electron chi connectivity index (χ3n) is 1.36. The number of rotatable bonds is 1. The van der Waals surface area contributed by atoms with Crippen LogP contribution in [0.3, 0.4) is 0 Å². The molecule has 1 aliphatic rings. The number of halogens is 1. The molecule has 50 valence electrons. The van der Waals surface area contributed by atoms with Gasteiger partial charge in [-0.1, -0.05) is 0 Å². The molecule has 4 heteroatoms. The molecule has 1 heterocycles. The van der Waals surface area contributed by atoms with Gasteiger partial charge in [-0.15, -0.1) is 12.4 Å². The fourth-order valence-corrected chi connectivity index (χ4v) is 0.745. The van der Waals surface area contributed by atoms with Crippen molar-refractivity contribution >= 4 is 12.4 Å². The third kappa shape index (κ3) is 1.21. The van der Waals surface area contributed by atoms with E-state index < -0.39 is 0 Å². The third-order valence-corrected chi connectivity index (χ3v) is 1.36. The molecule has 2 rings (SSSR count). The molecule has 0 amide bonds. The summed E-state index contributed by atoms with van der Waals surface area (Å²) >= 11 is 0. The number of aromatic nitrogens is 3. The Bertz CT molecular complexity index is 168. The van der Waals surface area contributed by atoms with Crippen molar-refractivity contribution in [3.63, 3.8) is 0 Å².